The van der Waals surface area contributed by atoms with Crippen molar-refractivity contribution in [2.24, 2.45) is 10.9 Å². The first-order chi connectivity index (χ1) is 10.2. The van der Waals surface area contributed by atoms with E-state index in [4.69, 9.17) is 18.7 Å². The molecule has 0 saturated carbocycles. The Bertz CT molecular complexity index is 399. The van der Waals surface area contributed by atoms with Crippen LogP contribution in [0.1, 0.15) is 19.4 Å². The molecular formula is C16H19CrNO4. The summed E-state index contributed by atoms with van der Waals surface area (Å²) in [6.45, 7) is 18.5. The van der Waals surface area contributed by atoms with E-state index in [1.165, 1.54) is 0 Å². The summed E-state index contributed by atoms with van der Waals surface area (Å²) in [5.41, 5.74) is 1.14. The number of ether oxygens (including phenoxy) is 1. The summed E-state index contributed by atoms with van der Waals surface area (Å²) in [5, 5.41) is 0. The molecule has 0 unspecified atom stereocenters. The normalized spacial score (nSPS) is 9.55. The van der Waals surface area contributed by atoms with Crippen molar-refractivity contribution in [2.45, 2.75) is 19.9 Å². The fourth-order valence-electron chi connectivity index (χ4n) is 1.30. The Morgan fingerprint density at radius 1 is 1.05 bits per heavy atom. The van der Waals surface area contributed by atoms with Crippen molar-refractivity contribution in [1.29, 1.82) is 0 Å². The van der Waals surface area contributed by atoms with E-state index in [2.05, 4.69) is 38.8 Å². The molecule has 1 aromatic carbocycles. The largest absolute Gasteiger partial charge is 0 e. The van der Waals surface area contributed by atoms with Crippen LogP contribution in [0.5, 0.6) is 0 Å². The molecule has 6 heteroatoms. The second-order valence-electron chi connectivity index (χ2n) is 3.96. The summed E-state index contributed by atoms with van der Waals surface area (Å²) < 4.78 is 27.6. The molecule has 0 aromatic heterocycles. The Hall–Kier alpha value is -1.40. The van der Waals surface area contributed by atoms with Crippen LogP contribution in [-0.2, 0) is 36.1 Å². The van der Waals surface area contributed by atoms with Crippen LogP contribution in [0.3, 0.4) is 0 Å². The number of hydrogen-bond acceptors (Lipinski definition) is 2. The molecule has 0 aliphatic carbocycles. The van der Waals surface area contributed by atoms with Crippen LogP contribution in [0.15, 0.2) is 35.3 Å². The molecule has 0 aliphatic heterocycles. The zero-order valence-corrected chi connectivity index (χ0v) is 14.1. The summed E-state index contributed by atoms with van der Waals surface area (Å²) in [6, 6.07) is 10.4. The number of methoxy groups -OCH3 is 1. The molecule has 0 fully saturated rings. The second kappa shape index (κ2) is 24.6. The smallest absolute Gasteiger partial charge is 0 e. The maximum atomic E-state index is 7.50. The van der Waals surface area contributed by atoms with Gasteiger partial charge in [-0.1, -0.05) is 44.2 Å². The minimum atomic E-state index is 0. The molecule has 0 radical (unpaired) electrons. The summed E-state index contributed by atoms with van der Waals surface area (Å²) in [4.78, 5) is 4.53. The third-order valence-electron chi connectivity index (χ3n) is 2.32. The van der Waals surface area contributed by atoms with Gasteiger partial charge in [-0.3, -0.25) is 4.99 Å². The number of rotatable bonds is 5. The van der Waals surface area contributed by atoms with Gasteiger partial charge in [-0.05, 0) is 11.5 Å². The van der Waals surface area contributed by atoms with Crippen molar-refractivity contribution < 1.29 is 36.1 Å². The molecule has 0 aliphatic rings. The molecule has 118 valence electrons. The van der Waals surface area contributed by atoms with E-state index in [9.17, 15) is 0 Å². The van der Waals surface area contributed by atoms with Gasteiger partial charge in [0, 0.05) is 30.7 Å². The molecule has 22 heavy (non-hydrogen) atoms. The Kier molecular flexibility index (Phi) is 32.1. The maximum Gasteiger partial charge on any atom is 0 e. The average molecular weight is 341 g/mol. The number of aliphatic imine (C=N–C) groups is 1. The maximum absolute atomic E-state index is 7.50. The van der Waals surface area contributed by atoms with Gasteiger partial charge in [0.2, 0.25) is 0 Å². The van der Waals surface area contributed by atoms with Crippen LogP contribution in [0.25, 0.3) is 0 Å². The number of hydrogen-bond donors (Lipinski definition) is 0. The first-order valence-electron chi connectivity index (χ1n) is 5.92. The summed E-state index contributed by atoms with van der Waals surface area (Å²) in [6.07, 6.45) is 1.92. The van der Waals surface area contributed by atoms with Gasteiger partial charge in [-0.15, -0.1) is 0 Å². The second-order valence-corrected chi connectivity index (χ2v) is 3.96. The van der Waals surface area contributed by atoms with E-state index < -0.39 is 0 Å². The Labute approximate surface area is 143 Å². The van der Waals surface area contributed by atoms with Crippen molar-refractivity contribution in [2.75, 3.05) is 13.7 Å². The standard InChI is InChI=1S/C13H19NO.3CO.Cr/c1-11(2)13(10-15-3)14-9-12-7-5-4-6-8-12;3*1-2;/h4-9,11,13H,10H2,1-3H3;;;;/t13-;;;;/m1..../s1. The fraction of sp³-hybridized carbons (Fsp3) is 0.375. The molecule has 0 heterocycles. The Balaban J connectivity index is -0.000000206. The molecule has 1 atom stereocenters. The van der Waals surface area contributed by atoms with Gasteiger partial charge in [0.1, 0.15) is 0 Å². The average Bonchev–Trinajstić information content (AvgIpc) is 2.57. The molecule has 0 saturated heterocycles. The van der Waals surface area contributed by atoms with E-state index in [0.29, 0.717) is 12.5 Å². The van der Waals surface area contributed by atoms with Crippen molar-refractivity contribution in [3.05, 3.63) is 55.8 Å². The van der Waals surface area contributed by atoms with E-state index in [1.807, 2.05) is 36.5 Å². The van der Waals surface area contributed by atoms with Crippen LogP contribution < -0.4 is 0 Å². The predicted molar refractivity (Wildman–Crippen MR) is 76.3 cm³/mol. The summed E-state index contributed by atoms with van der Waals surface area (Å²) >= 11 is 0. The summed E-state index contributed by atoms with van der Waals surface area (Å²) in [7, 11) is 1.72. The van der Waals surface area contributed by atoms with Crippen molar-refractivity contribution in [1.82, 2.24) is 0 Å². The Morgan fingerprint density at radius 3 is 1.86 bits per heavy atom. The molecular weight excluding hydrogens is 322 g/mol. The molecule has 0 N–H and O–H groups in total. The Morgan fingerprint density at radius 2 is 1.50 bits per heavy atom. The topological polar surface area (TPSA) is 81.3 Å². The third kappa shape index (κ3) is 16.7. The molecule has 0 amide bonds. The van der Waals surface area contributed by atoms with Crippen LogP contribution in [-0.4, -0.2) is 26.0 Å². The minimum absolute atomic E-state index is 0. The SMILES string of the molecule is COC[C@@H](N=Cc1ccccc1)C(C)C.[C-]#[O+].[C-]#[O+].[C-]#[O+].[Cr]. The number of benzene rings is 1. The van der Waals surface area contributed by atoms with E-state index in [-0.39, 0.29) is 23.4 Å². The monoisotopic (exact) mass is 341 g/mol. The molecule has 5 nitrogen and oxygen atoms in total. The number of nitrogens with zero attached hydrogens (tertiary/aromatic N) is 1. The van der Waals surface area contributed by atoms with Crippen LogP contribution >= 0.6 is 0 Å². The molecule has 0 spiro atoms. The predicted octanol–water partition coefficient (Wildman–Crippen LogP) is 2.66. The molecule has 1 aromatic rings. The van der Waals surface area contributed by atoms with Crippen molar-refractivity contribution in [3.63, 3.8) is 0 Å². The van der Waals surface area contributed by atoms with Gasteiger partial charge in [-0.25, -0.2) is 0 Å². The van der Waals surface area contributed by atoms with Gasteiger partial charge < -0.3 is 4.74 Å². The zero-order chi connectivity index (χ0) is 17.1. The molecule has 0 bridgehead atoms. The third-order valence-corrected chi connectivity index (χ3v) is 2.32. The van der Waals surface area contributed by atoms with Gasteiger partial charge in [0.15, 0.2) is 0 Å². The van der Waals surface area contributed by atoms with Crippen LogP contribution in [0, 0.1) is 25.9 Å². The zero-order valence-electron chi connectivity index (χ0n) is 12.8. The van der Waals surface area contributed by atoms with Gasteiger partial charge in [0.05, 0.1) is 12.6 Å². The summed E-state index contributed by atoms with van der Waals surface area (Å²) in [5.74, 6) is 0.505. The van der Waals surface area contributed by atoms with Crippen LogP contribution in [0.2, 0.25) is 0 Å². The van der Waals surface area contributed by atoms with Crippen LogP contribution in [0.4, 0.5) is 0 Å². The van der Waals surface area contributed by atoms with Gasteiger partial charge in [-0.2, -0.15) is 0 Å². The van der Waals surface area contributed by atoms with Crippen molar-refractivity contribution in [3.8, 4) is 0 Å². The fourth-order valence-corrected chi connectivity index (χ4v) is 1.30. The van der Waals surface area contributed by atoms with Gasteiger partial charge in [0.25, 0.3) is 0 Å². The van der Waals surface area contributed by atoms with Gasteiger partial charge >= 0.3 is 33.9 Å². The minimum Gasteiger partial charge on any atom is 0 e. The quantitative estimate of drug-likeness (QED) is 0.460. The van der Waals surface area contributed by atoms with E-state index in [0.717, 1.165) is 5.56 Å². The molecule has 1 rings (SSSR count). The first kappa shape index (κ1) is 28.7. The van der Waals surface area contributed by atoms with Crippen molar-refractivity contribution >= 4 is 6.21 Å². The van der Waals surface area contributed by atoms with E-state index >= 15 is 0 Å². The first-order valence-corrected chi connectivity index (χ1v) is 5.92. The van der Waals surface area contributed by atoms with E-state index in [1.54, 1.807) is 7.11 Å².